The van der Waals surface area contributed by atoms with Crippen LogP contribution in [0.3, 0.4) is 0 Å². The Morgan fingerprint density at radius 1 is 1.30 bits per heavy atom. The smallest absolute Gasteiger partial charge is 0.430 e. The lowest BCUT2D eigenvalue weighted by atomic mass is 9.93. The van der Waals surface area contributed by atoms with Gasteiger partial charge in [0.25, 0.3) is 0 Å². The maximum Gasteiger partial charge on any atom is 0.430 e. The molecule has 2 amide bonds. The Kier molecular flexibility index (Phi) is 6.84. The van der Waals surface area contributed by atoms with Crippen LogP contribution >= 0.6 is 11.6 Å². The summed E-state index contributed by atoms with van der Waals surface area (Å²) in [6.45, 7) is 4.86. The van der Waals surface area contributed by atoms with Gasteiger partial charge in [0, 0.05) is 5.02 Å². The van der Waals surface area contributed by atoms with Crippen LogP contribution < -0.4 is 5.43 Å². The first-order valence-electron chi connectivity index (χ1n) is 7.01. The number of carbonyl (C=O) groups excluding carboxylic acids is 3. The molecule has 0 bridgehead atoms. The quantitative estimate of drug-likeness (QED) is 0.657. The molecule has 23 heavy (non-hydrogen) atoms. The molecule has 0 fully saturated rings. The first kappa shape index (κ1) is 18.8. The third-order valence-corrected chi connectivity index (χ3v) is 3.27. The second-order valence-corrected chi connectivity index (χ2v) is 5.08. The molecule has 0 aromatic heterocycles. The molecule has 0 unspecified atom stereocenters. The van der Waals surface area contributed by atoms with E-state index >= 15 is 0 Å². The molecule has 7 nitrogen and oxygen atoms in total. The fourth-order valence-electron chi connectivity index (χ4n) is 1.85. The second kappa shape index (κ2) is 8.38. The lowest BCUT2D eigenvalue weighted by Gasteiger charge is -2.35. The van der Waals surface area contributed by atoms with Gasteiger partial charge in [-0.1, -0.05) is 23.7 Å². The Bertz CT molecular complexity index is 581. The van der Waals surface area contributed by atoms with Crippen molar-refractivity contribution < 1.29 is 23.9 Å². The van der Waals surface area contributed by atoms with Crippen LogP contribution in [0.4, 0.5) is 9.59 Å². The maximum atomic E-state index is 12.2. The molecule has 0 heterocycles. The van der Waals surface area contributed by atoms with Crippen molar-refractivity contribution in [1.29, 1.82) is 0 Å². The SMILES string of the molecule is CCOC(=O)NN(C(=O)OCC)[C@](C)(C=O)c1cccc(Cl)c1. The first-order chi connectivity index (χ1) is 10.9. The maximum absolute atomic E-state index is 12.2. The fourth-order valence-corrected chi connectivity index (χ4v) is 2.04. The van der Waals surface area contributed by atoms with Crippen molar-refractivity contribution in [2.45, 2.75) is 26.3 Å². The summed E-state index contributed by atoms with van der Waals surface area (Å²) in [5.41, 5.74) is 1.12. The van der Waals surface area contributed by atoms with Crippen LogP contribution in [0.15, 0.2) is 24.3 Å². The third-order valence-electron chi connectivity index (χ3n) is 3.03. The standard InChI is InChI=1S/C15H19ClN2O5/c1-4-22-13(20)17-18(14(21)23-5-2)15(3,10-19)11-7-6-8-12(16)9-11/h6-10H,4-5H2,1-3H3,(H,17,20)/t15-/m1/s1. The van der Waals surface area contributed by atoms with E-state index in [2.05, 4.69) is 5.43 Å². The van der Waals surface area contributed by atoms with Crippen LogP contribution in [0.5, 0.6) is 0 Å². The number of nitrogens with one attached hydrogen (secondary N) is 1. The van der Waals surface area contributed by atoms with Gasteiger partial charge in [-0.05, 0) is 38.5 Å². The molecule has 1 atom stereocenters. The monoisotopic (exact) mass is 342 g/mol. The predicted octanol–water partition coefficient (Wildman–Crippen LogP) is 2.87. The third kappa shape index (κ3) is 4.59. The molecule has 0 spiro atoms. The molecule has 1 N–H and O–H groups in total. The topological polar surface area (TPSA) is 84.9 Å². The molecule has 0 radical (unpaired) electrons. The molecule has 8 heteroatoms. The number of aldehydes is 1. The van der Waals surface area contributed by atoms with Crippen LogP contribution in [0.1, 0.15) is 26.3 Å². The van der Waals surface area contributed by atoms with Gasteiger partial charge >= 0.3 is 12.2 Å². The van der Waals surface area contributed by atoms with Crippen molar-refractivity contribution in [3.8, 4) is 0 Å². The molecule has 0 aliphatic carbocycles. The lowest BCUT2D eigenvalue weighted by molar-refractivity contribution is -0.119. The number of hydrogen-bond acceptors (Lipinski definition) is 5. The van der Waals surface area contributed by atoms with Crippen LogP contribution in [0.25, 0.3) is 0 Å². The van der Waals surface area contributed by atoms with E-state index in [9.17, 15) is 14.4 Å². The highest BCUT2D eigenvalue weighted by Crippen LogP contribution is 2.27. The van der Waals surface area contributed by atoms with Crippen LogP contribution in [0.2, 0.25) is 5.02 Å². The highest BCUT2D eigenvalue weighted by molar-refractivity contribution is 6.30. The number of benzene rings is 1. The van der Waals surface area contributed by atoms with E-state index in [0.29, 0.717) is 16.9 Å². The Hall–Kier alpha value is -2.28. The van der Waals surface area contributed by atoms with E-state index < -0.39 is 17.7 Å². The summed E-state index contributed by atoms with van der Waals surface area (Å²) < 4.78 is 9.67. The van der Waals surface area contributed by atoms with Gasteiger partial charge in [0.15, 0.2) is 6.29 Å². The number of hydrogen-bond donors (Lipinski definition) is 1. The highest BCUT2D eigenvalue weighted by atomic mass is 35.5. The first-order valence-corrected chi connectivity index (χ1v) is 7.39. The second-order valence-electron chi connectivity index (χ2n) is 4.64. The van der Waals surface area contributed by atoms with Crippen LogP contribution in [-0.4, -0.2) is 36.7 Å². The lowest BCUT2D eigenvalue weighted by Crippen LogP contribution is -2.58. The van der Waals surface area contributed by atoms with Gasteiger partial charge in [-0.25, -0.2) is 15.0 Å². The minimum atomic E-state index is -1.52. The zero-order valence-corrected chi connectivity index (χ0v) is 13.9. The predicted molar refractivity (Wildman–Crippen MR) is 83.9 cm³/mol. The minimum Gasteiger partial charge on any atom is -0.449 e. The van der Waals surface area contributed by atoms with E-state index in [1.807, 2.05) is 0 Å². The number of rotatable bonds is 5. The van der Waals surface area contributed by atoms with Crippen molar-refractivity contribution >= 4 is 30.1 Å². The zero-order valence-electron chi connectivity index (χ0n) is 13.2. The summed E-state index contributed by atoms with van der Waals surface area (Å²) in [6, 6.07) is 6.39. The van der Waals surface area contributed by atoms with Crippen molar-refractivity contribution in [2.75, 3.05) is 13.2 Å². The normalized spacial score (nSPS) is 12.7. The molecule has 0 saturated heterocycles. The number of nitrogens with zero attached hydrogens (tertiary/aromatic N) is 1. The molecular formula is C15H19ClN2O5. The van der Waals surface area contributed by atoms with Crippen LogP contribution in [0, 0.1) is 0 Å². The summed E-state index contributed by atoms with van der Waals surface area (Å²) in [7, 11) is 0. The molecule has 0 saturated carbocycles. The molecule has 0 aliphatic rings. The Morgan fingerprint density at radius 2 is 1.96 bits per heavy atom. The molecule has 1 rings (SSSR count). The van der Waals surface area contributed by atoms with E-state index in [-0.39, 0.29) is 13.2 Å². The molecule has 1 aromatic rings. The largest absolute Gasteiger partial charge is 0.449 e. The van der Waals surface area contributed by atoms with Gasteiger partial charge in [0.05, 0.1) is 13.2 Å². The number of ether oxygens (including phenoxy) is 2. The number of carbonyl (C=O) groups is 3. The van der Waals surface area contributed by atoms with Crippen molar-refractivity contribution in [3.05, 3.63) is 34.9 Å². The van der Waals surface area contributed by atoms with Crippen molar-refractivity contribution in [3.63, 3.8) is 0 Å². The molecular weight excluding hydrogens is 324 g/mol. The van der Waals surface area contributed by atoms with Gasteiger partial charge in [-0.2, -0.15) is 5.01 Å². The Balaban J connectivity index is 3.25. The Morgan fingerprint density at radius 3 is 2.48 bits per heavy atom. The fraction of sp³-hybridized carbons (Fsp3) is 0.400. The summed E-state index contributed by atoms with van der Waals surface area (Å²) in [6.07, 6.45) is -1.26. The molecule has 0 aliphatic heterocycles. The number of amides is 2. The molecule has 126 valence electrons. The molecule has 1 aromatic carbocycles. The van der Waals surface area contributed by atoms with Gasteiger partial charge in [0.1, 0.15) is 5.54 Å². The summed E-state index contributed by atoms with van der Waals surface area (Å²) in [5.74, 6) is 0. The van der Waals surface area contributed by atoms with Gasteiger partial charge in [-0.3, -0.25) is 0 Å². The highest BCUT2D eigenvalue weighted by Gasteiger charge is 2.40. The summed E-state index contributed by atoms with van der Waals surface area (Å²) in [4.78, 5) is 35.6. The van der Waals surface area contributed by atoms with E-state index in [0.717, 1.165) is 5.01 Å². The number of halogens is 1. The van der Waals surface area contributed by atoms with Crippen molar-refractivity contribution in [1.82, 2.24) is 10.4 Å². The van der Waals surface area contributed by atoms with E-state index in [4.69, 9.17) is 21.1 Å². The summed E-state index contributed by atoms with van der Waals surface area (Å²) in [5, 5.41) is 1.17. The zero-order chi connectivity index (χ0) is 17.5. The van der Waals surface area contributed by atoms with E-state index in [1.54, 1.807) is 32.0 Å². The summed E-state index contributed by atoms with van der Waals surface area (Å²) >= 11 is 5.95. The average Bonchev–Trinajstić information content (AvgIpc) is 2.52. The van der Waals surface area contributed by atoms with E-state index in [1.165, 1.54) is 13.0 Å². The van der Waals surface area contributed by atoms with Gasteiger partial charge < -0.3 is 14.3 Å². The van der Waals surface area contributed by atoms with Crippen LogP contribution in [-0.2, 0) is 19.8 Å². The average molecular weight is 343 g/mol. The number of hydrazine groups is 1. The van der Waals surface area contributed by atoms with Gasteiger partial charge in [-0.15, -0.1) is 0 Å². The van der Waals surface area contributed by atoms with Gasteiger partial charge in [0.2, 0.25) is 0 Å². The van der Waals surface area contributed by atoms with Crippen molar-refractivity contribution in [2.24, 2.45) is 0 Å². The minimum absolute atomic E-state index is 0.0737. The Labute approximate surface area is 139 Å².